The first-order valence-corrected chi connectivity index (χ1v) is 11.9. The molecule has 2 aromatic carbocycles. The van der Waals surface area contributed by atoms with Gasteiger partial charge in [-0.3, -0.25) is 0 Å². The average Bonchev–Trinajstić information content (AvgIpc) is 2.73. The molecule has 1 saturated carbocycles. The van der Waals surface area contributed by atoms with Crippen LogP contribution in [0.4, 0.5) is 0 Å². The minimum Gasteiger partial charge on any atom is -0.494 e. The summed E-state index contributed by atoms with van der Waals surface area (Å²) in [6, 6.07) is 13.7. The standard InChI is InChI=1S/C27H40O/c1-4-6-7-8-17-28-27-16-15-25-19-24(13-14-26(25)20-27)23-11-9-22(10-12-23)18-21(3)5-2/h13-16,19-23H,4-12,17-18H2,1-3H3/t21?,22-,23-. The number of unbranched alkanes of at least 4 members (excludes halogenated alkanes) is 3. The Hall–Kier alpha value is -1.50. The second-order valence-corrected chi connectivity index (χ2v) is 9.14. The van der Waals surface area contributed by atoms with Crippen molar-refractivity contribution in [1.29, 1.82) is 0 Å². The van der Waals surface area contributed by atoms with Crippen LogP contribution in [0.1, 0.15) is 96.5 Å². The van der Waals surface area contributed by atoms with E-state index in [1.165, 1.54) is 68.6 Å². The zero-order valence-electron chi connectivity index (χ0n) is 18.4. The molecule has 0 aromatic heterocycles. The molecular weight excluding hydrogens is 340 g/mol. The van der Waals surface area contributed by atoms with Gasteiger partial charge < -0.3 is 4.74 Å². The Kier molecular flexibility index (Phi) is 8.25. The van der Waals surface area contributed by atoms with Gasteiger partial charge in [-0.2, -0.15) is 0 Å². The fourth-order valence-corrected chi connectivity index (χ4v) is 4.77. The Bertz CT molecular complexity index is 711. The predicted octanol–water partition coefficient (Wildman–Crippen LogP) is 8.51. The normalized spacial score (nSPS) is 21.0. The lowest BCUT2D eigenvalue weighted by molar-refractivity contribution is 0.273. The summed E-state index contributed by atoms with van der Waals surface area (Å²) in [6.07, 6.45) is 13.3. The van der Waals surface area contributed by atoms with E-state index in [1.54, 1.807) is 5.56 Å². The first-order chi connectivity index (χ1) is 13.7. The van der Waals surface area contributed by atoms with Gasteiger partial charge in [-0.25, -0.2) is 0 Å². The Morgan fingerprint density at radius 1 is 0.893 bits per heavy atom. The third-order valence-electron chi connectivity index (χ3n) is 6.85. The molecule has 1 atom stereocenters. The maximum atomic E-state index is 5.96. The minimum absolute atomic E-state index is 0.757. The predicted molar refractivity (Wildman–Crippen MR) is 122 cm³/mol. The number of hydrogen-bond acceptors (Lipinski definition) is 1. The van der Waals surface area contributed by atoms with Crippen LogP contribution in [0.25, 0.3) is 10.8 Å². The van der Waals surface area contributed by atoms with Crippen LogP contribution in [-0.4, -0.2) is 6.61 Å². The SMILES string of the molecule is CCCCCCOc1ccc2cc([C@H]3CC[C@H](CC(C)CC)CC3)ccc2c1. The van der Waals surface area contributed by atoms with Crippen LogP contribution in [-0.2, 0) is 0 Å². The van der Waals surface area contributed by atoms with Gasteiger partial charge in [0.15, 0.2) is 0 Å². The van der Waals surface area contributed by atoms with Crippen LogP contribution in [0.3, 0.4) is 0 Å². The van der Waals surface area contributed by atoms with Gasteiger partial charge in [-0.05, 0) is 84.7 Å². The van der Waals surface area contributed by atoms with Crippen LogP contribution in [0.15, 0.2) is 36.4 Å². The second kappa shape index (κ2) is 10.9. The largest absolute Gasteiger partial charge is 0.494 e. The highest BCUT2D eigenvalue weighted by Gasteiger charge is 2.23. The molecule has 0 N–H and O–H groups in total. The van der Waals surface area contributed by atoms with E-state index in [0.717, 1.165) is 36.5 Å². The smallest absolute Gasteiger partial charge is 0.119 e. The molecule has 0 spiro atoms. The monoisotopic (exact) mass is 380 g/mol. The molecule has 1 nitrogen and oxygen atoms in total. The quantitative estimate of drug-likeness (QED) is 0.375. The van der Waals surface area contributed by atoms with E-state index in [-0.39, 0.29) is 0 Å². The first kappa shape index (κ1) is 21.2. The van der Waals surface area contributed by atoms with E-state index in [4.69, 9.17) is 4.74 Å². The Morgan fingerprint density at radius 3 is 2.39 bits per heavy atom. The molecule has 1 unspecified atom stereocenters. The lowest BCUT2D eigenvalue weighted by Crippen LogP contribution is -2.15. The van der Waals surface area contributed by atoms with Crippen LogP contribution in [0.2, 0.25) is 0 Å². The van der Waals surface area contributed by atoms with E-state index in [0.29, 0.717) is 0 Å². The third-order valence-corrected chi connectivity index (χ3v) is 6.85. The molecule has 0 aliphatic heterocycles. The number of ether oxygens (including phenoxy) is 1. The molecule has 154 valence electrons. The molecule has 1 heteroatoms. The van der Waals surface area contributed by atoms with E-state index >= 15 is 0 Å². The number of rotatable bonds is 10. The van der Waals surface area contributed by atoms with Gasteiger partial charge in [0.05, 0.1) is 6.61 Å². The molecule has 0 amide bonds. The molecule has 1 aliphatic rings. The van der Waals surface area contributed by atoms with Gasteiger partial charge in [0.25, 0.3) is 0 Å². The van der Waals surface area contributed by atoms with Crippen LogP contribution in [0.5, 0.6) is 5.75 Å². The molecule has 0 heterocycles. The fraction of sp³-hybridized carbons (Fsp3) is 0.630. The van der Waals surface area contributed by atoms with Gasteiger partial charge in [0.1, 0.15) is 5.75 Å². The van der Waals surface area contributed by atoms with Crippen LogP contribution in [0, 0.1) is 11.8 Å². The van der Waals surface area contributed by atoms with Crippen LogP contribution < -0.4 is 4.74 Å². The Morgan fingerprint density at radius 2 is 1.64 bits per heavy atom. The Balaban J connectivity index is 1.55. The molecular formula is C27H40O. The fourth-order valence-electron chi connectivity index (χ4n) is 4.77. The summed E-state index contributed by atoms with van der Waals surface area (Å²) in [5, 5.41) is 2.66. The lowest BCUT2D eigenvalue weighted by Gasteiger charge is -2.30. The van der Waals surface area contributed by atoms with Gasteiger partial charge >= 0.3 is 0 Å². The molecule has 0 bridgehead atoms. The van der Waals surface area contributed by atoms with Crippen molar-refractivity contribution in [2.45, 2.75) is 90.9 Å². The van der Waals surface area contributed by atoms with Crippen molar-refractivity contribution in [2.75, 3.05) is 6.61 Å². The molecule has 0 saturated heterocycles. The summed E-state index contributed by atoms with van der Waals surface area (Å²) < 4.78 is 5.96. The number of hydrogen-bond donors (Lipinski definition) is 0. The van der Waals surface area contributed by atoms with Gasteiger partial charge in [0.2, 0.25) is 0 Å². The van der Waals surface area contributed by atoms with E-state index in [9.17, 15) is 0 Å². The summed E-state index contributed by atoms with van der Waals surface area (Å²) in [7, 11) is 0. The van der Waals surface area contributed by atoms with Crippen molar-refractivity contribution in [1.82, 2.24) is 0 Å². The summed E-state index contributed by atoms with van der Waals surface area (Å²) in [5.74, 6) is 3.63. The number of benzene rings is 2. The van der Waals surface area contributed by atoms with Gasteiger partial charge in [0, 0.05) is 0 Å². The highest BCUT2D eigenvalue weighted by Crippen LogP contribution is 2.39. The first-order valence-electron chi connectivity index (χ1n) is 11.9. The van der Waals surface area contributed by atoms with E-state index < -0.39 is 0 Å². The molecule has 28 heavy (non-hydrogen) atoms. The zero-order chi connectivity index (χ0) is 19.8. The molecule has 1 fully saturated rings. The van der Waals surface area contributed by atoms with Crippen molar-refractivity contribution >= 4 is 10.8 Å². The Labute approximate surface area is 172 Å². The van der Waals surface area contributed by atoms with Crippen molar-refractivity contribution < 1.29 is 4.74 Å². The van der Waals surface area contributed by atoms with Crippen LogP contribution >= 0.6 is 0 Å². The summed E-state index contributed by atoms with van der Waals surface area (Å²) >= 11 is 0. The topological polar surface area (TPSA) is 9.23 Å². The van der Waals surface area contributed by atoms with Crippen molar-refractivity contribution in [3.05, 3.63) is 42.0 Å². The minimum atomic E-state index is 0.757. The summed E-state index contributed by atoms with van der Waals surface area (Å²) in [4.78, 5) is 0. The highest BCUT2D eigenvalue weighted by atomic mass is 16.5. The number of fused-ring (bicyclic) bond motifs is 1. The second-order valence-electron chi connectivity index (χ2n) is 9.14. The maximum absolute atomic E-state index is 5.96. The summed E-state index contributed by atoms with van der Waals surface area (Å²) in [5.41, 5.74) is 1.54. The molecule has 1 aliphatic carbocycles. The molecule has 0 radical (unpaired) electrons. The van der Waals surface area contributed by atoms with Gasteiger partial charge in [-0.1, -0.05) is 70.7 Å². The maximum Gasteiger partial charge on any atom is 0.119 e. The zero-order valence-corrected chi connectivity index (χ0v) is 18.4. The van der Waals surface area contributed by atoms with Crippen molar-refractivity contribution in [2.24, 2.45) is 11.8 Å². The van der Waals surface area contributed by atoms with Gasteiger partial charge in [-0.15, -0.1) is 0 Å². The van der Waals surface area contributed by atoms with Crippen molar-refractivity contribution in [3.63, 3.8) is 0 Å². The highest BCUT2D eigenvalue weighted by molar-refractivity contribution is 5.84. The van der Waals surface area contributed by atoms with E-state index in [2.05, 4.69) is 57.2 Å². The van der Waals surface area contributed by atoms with Crippen molar-refractivity contribution in [3.8, 4) is 5.75 Å². The molecule has 2 aromatic rings. The molecule has 3 rings (SSSR count). The average molecular weight is 381 g/mol. The summed E-state index contributed by atoms with van der Waals surface area (Å²) in [6.45, 7) is 7.83. The lowest BCUT2D eigenvalue weighted by atomic mass is 9.75. The third kappa shape index (κ3) is 6.00. The van der Waals surface area contributed by atoms with E-state index in [1.807, 2.05) is 0 Å².